The van der Waals surface area contributed by atoms with Crippen LogP contribution in [-0.2, 0) is 11.3 Å². The highest BCUT2D eigenvalue weighted by Crippen LogP contribution is 2.37. The molecule has 1 aliphatic rings. The van der Waals surface area contributed by atoms with Crippen molar-refractivity contribution >= 4 is 68.3 Å². The fraction of sp³-hybridized carbons (Fsp3) is 0.0400. The second-order valence-electron chi connectivity index (χ2n) is 7.87. The van der Waals surface area contributed by atoms with E-state index in [2.05, 4.69) is 10.1 Å². The van der Waals surface area contributed by atoms with Crippen LogP contribution in [0.2, 0.25) is 15.1 Å². The number of thiazole rings is 1. The normalized spacial score (nSPS) is 14.7. The average Bonchev–Trinajstić information content (AvgIpc) is 3.46. The number of carbonyl (C=O) groups excluding carboxylic acids is 1. The minimum absolute atomic E-state index is 0.270. The Morgan fingerprint density at radius 1 is 0.857 bits per heavy atom. The van der Waals surface area contributed by atoms with Gasteiger partial charge in [-0.15, -0.1) is 5.10 Å². The number of rotatable bonds is 3. The van der Waals surface area contributed by atoms with E-state index in [0.717, 1.165) is 22.6 Å². The van der Waals surface area contributed by atoms with Crippen molar-refractivity contribution in [3.05, 3.63) is 108 Å². The Labute approximate surface area is 217 Å². The summed E-state index contributed by atoms with van der Waals surface area (Å²) in [7, 11) is 0. The zero-order chi connectivity index (χ0) is 24.3. The van der Waals surface area contributed by atoms with Crippen LogP contribution in [0.4, 0.5) is 5.69 Å². The van der Waals surface area contributed by atoms with E-state index in [1.54, 1.807) is 29.2 Å². The molecule has 0 unspecified atom stereocenters. The van der Waals surface area contributed by atoms with Crippen LogP contribution in [0.3, 0.4) is 0 Å². The van der Waals surface area contributed by atoms with Crippen molar-refractivity contribution in [3.63, 3.8) is 0 Å². The summed E-state index contributed by atoms with van der Waals surface area (Å²) in [5.41, 5.74) is 2.71. The molecule has 0 spiro atoms. The lowest BCUT2D eigenvalue weighted by molar-refractivity contribution is -0.113. The second-order valence-corrected chi connectivity index (χ2v) is 10.1. The van der Waals surface area contributed by atoms with Gasteiger partial charge in [0, 0.05) is 21.2 Å². The number of benzene rings is 3. The van der Waals surface area contributed by atoms with Gasteiger partial charge in [0.25, 0.3) is 11.5 Å². The minimum Gasteiger partial charge on any atom is -0.303 e. The number of aromatic nitrogens is 3. The highest BCUT2D eigenvalue weighted by Gasteiger charge is 2.34. The Morgan fingerprint density at radius 3 is 2.40 bits per heavy atom. The predicted octanol–water partition coefficient (Wildman–Crippen LogP) is 5.24. The lowest BCUT2D eigenvalue weighted by atomic mass is 10.1. The molecule has 3 heterocycles. The highest BCUT2D eigenvalue weighted by molar-refractivity contribution is 7.15. The zero-order valence-electron chi connectivity index (χ0n) is 17.7. The molecule has 2 aromatic heterocycles. The van der Waals surface area contributed by atoms with E-state index in [1.807, 2.05) is 42.5 Å². The van der Waals surface area contributed by atoms with Crippen LogP contribution in [0, 0.1) is 0 Å². The molecule has 172 valence electrons. The summed E-state index contributed by atoms with van der Waals surface area (Å²) in [6, 6.07) is 19.7. The van der Waals surface area contributed by atoms with E-state index < -0.39 is 5.56 Å². The van der Waals surface area contributed by atoms with Gasteiger partial charge < -0.3 is 4.90 Å². The van der Waals surface area contributed by atoms with Gasteiger partial charge in [-0.2, -0.15) is 9.50 Å². The first-order valence-electron chi connectivity index (χ1n) is 10.5. The van der Waals surface area contributed by atoms with Crippen LogP contribution < -0.4 is 15.0 Å². The molecule has 0 saturated heterocycles. The molecule has 0 saturated carbocycles. The molecular formula is C25H13Cl3N4O2S. The number of para-hydroxylation sites is 1. The van der Waals surface area contributed by atoms with Crippen LogP contribution in [0.25, 0.3) is 21.9 Å². The third kappa shape index (κ3) is 3.63. The molecule has 10 heteroatoms. The Kier molecular flexibility index (Phi) is 5.38. The fourth-order valence-electron chi connectivity index (χ4n) is 4.12. The smallest absolute Gasteiger partial charge is 0.291 e. The van der Waals surface area contributed by atoms with Crippen molar-refractivity contribution in [2.24, 2.45) is 0 Å². The number of amides is 1. The molecule has 1 amide bonds. The monoisotopic (exact) mass is 538 g/mol. The molecule has 0 fully saturated rings. The van der Waals surface area contributed by atoms with Crippen molar-refractivity contribution in [2.75, 3.05) is 4.90 Å². The molecule has 0 atom stereocenters. The van der Waals surface area contributed by atoms with Crippen molar-refractivity contribution in [3.8, 4) is 11.4 Å². The molecule has 35 heavy (non-hydrogen) atoms. The van der Waals surface area contributed by atoms with Crippen LogP contribution in [0.15, 0.2) is 71.5 Å². The summed E-state index contributed by atoms with van der Waals surface area (Å²) in [6.07, 6.45) is 0. The summed E-state index contributed by atoms with van der Waals surface area (Å²) in [5, 5.41) is 5.81. The van der Waals surface area contributed by atoms with Crippen LogP contribution >= 0.6 is 46.1 Å². The SMILES string of the molecule is O=C1C(=c2sc3nc(-c4ccc(Cl)cc4Cl)nn3c2=O)c2ccccc2N1Cc1ccccc1Cl. The zero-order valence-corrected chi connectivity index (χ0v) is 20.8. The molecule has 1 aliphatic heterocycles. The first-order chi connectivity index (χ1) is 16.9. The van der Waals surface area contributed by atoms with Gasteiger partial charge in [-0.3, -0.25) is 9.59 Å². The largest absolute Gasteiger partial charge is 0.303 e. The third-order valence-electron chi connectivity index (χ3n) is 5.77. The molecule has 0 N–H and O–H groups in total. The van der Waals surface area contributed by atoms with Crippen molar-refractivity contribution < 1.29 is 4.79 Å². The molecule has 3 aromatic carbocycles. The average molecular weight is 540 g/mol. The number of fused-ring (bicyclic) bond motifs is 2. The first-order valence-corrected chi connectivity index (χ1v) is 12.4. The molecule has 6 nitrogen and oxygen atoms in total. The summed E-state index contributed by atoms with van der Waals surface area (Å²) in [6.45, 7) is 0.285. The standard InChI is InChI=1S/C25H13Cl3N4O2S/c26-14-9-10-15(18(28)11-14)22-29-25-32(30-22)24(34)21(35-25)20-16-6-2-4-8-19(16)31(23(20)33)12-13-5-1-3-7-17(13)27/h1-11H,12H2. The van der Waals surface area contributed by atoms with E-state index >= 15 is 0 Å². The second kappa shape index (κ2) is 8.46. The van der Waals surface area contributed by atoms with Gasteiger partial charge in [0.05, 0.1) is 22.8 Å². The number of nitrogens with zero attached hydrogens (tertiary/aromatic N) is 4. The van der Waals surface area contributed by atoms with Gasteiger partial charge in [0.15, 0.2) is 5.82 Å². The maximum Gasteiger partial charge on any atom is 0.291 e. The molecule has 5 aromatic rings. The lowest BCUT2D eigenvalue weighted by Gasteiger charge is -2.17. The van der Waals surface area contributed by atoms with E-state index in [0.29, 0.717) is 42.6 Å². The summed E-state index contributed by atoms with van der Waals surface area (Å²) in [5.74, 6) is 0.0405. The van der Waals surface area contributed by atoms with Crippen LogP contribution in [-0.4, -0.2) is 20.5 Å². The Balaban J connectivity index is 1.50. The van der Waals surface area contributed by atoms with Gasteiger partial charge >= 0.3 is 0 Å². The number of hydrogen-bond acceptors (Lipinski definition) is 5. The maximum absolute atomic E-state index is 13.6. The molecule has 6 rings (SSSR count). The molecule has 0 bridgehead atoms. The maximum atomic E-state index is 13.6. The number of carbonyl (C=O) groups is 1. The predicted molar refractivity (Wildman–Crippen MR) is 139 cm³/mol. The fourth-order valence-corrected chi connectivity index (χ4v) is 5.81. The Bertz CT molecular complexity index is 1780. The highest BCUT2D eigenvalue weighted by atomic mass is 35.5. The van der Waals surface area contributed by atoms with Crippen molar-refractivity contribution in [1.82, 2.24) is 14.6 Å². The van der Waals surface area contributed by atoms with Crippen molar-refractivity contribution in [2.45, 2.75) is 6.54 Å². The Morgan fingerprint density at radius 2 is 1.63 bits per heavy atom. The van der Waals surface area contributed by atoms with Gasteiger partial charge in [-0.05, 0) is 35.9 Å². The quantitative estimate of drug-likeness (QED) is 0.314. The third-order valence-corrected chi connectivity index (χ3v) is 7.71. The topological polar surface area (TPSA) is 67.6 Å². The van der Waals surface area contributed by atoms with Gasteiger partial charge in [0.2, 0.25) is 4.96 Å². The molecule has 0 radical (unpaired) electrons. The van der Waals surface area contributed by atoms with Gasteiger partial charge in [-0.25, -0.2) is 0 Å². The van der Waals surface area contributed by atoms with Gasteiger partial charge in [-0.1, -0.05) is 82.5 Å². The van der Waals surface area contributed by atoms with E-state index in [-0.39, 0.29) is 17.0 Å². The van der Waals surface area contributed by atoms with E-state index in [9.17, 15) is 9.59 Å². The lowest BCUT2D eigenvalue weighted by Crippen LogP contribution is -2.32. The molecular weight excluding hydrogens is 527 g/mol. The summed E-state index contributed by atoms with van der Waals surface area (Å²) < 4.78 is 1.49. The number of halogens is 3. The summed E-state index contributed by atoms with van der Waals surface area (Å²) >= 11 is 19.7. The number of anilines is 1. The van der Waals surface area contributed by atoms with Crippen molar-refractivity contribution in [1.29, 1.82) is 0 Å². The van der Waals surface area contributed by atoms with E-state index in [1.165, 1.54) is 4.52 Å². The summed E-state index contributed by atoms with van der Waals surface area (Å²) in [4.78, 5) is 33.5. The minimum atomic E-state index is -0.411. The van der Waals surface area contributed by atoms with E-state index in [4.69, 9.17) is 34.8 Å². The van der Waals surface area contributed by atoms with Gasteiger partial charge in [0.1, 0.15) is 4.53 Å². The number of hydrogen-bond donors (Lipinski definition) is 0. The van der Waals surface area contributed by atoms with Crippen LogP contribution in [0.5, 0.6) is 0 Å². The first kappa shape index (κ1) is 22.2. The Hall–Kier alpha value is -3.23. The molecule has 0 aliphatic carbocycles. The van der Waals surface area contributed by atoms with Crippen LogP contribution in [0.1, 0.15) is 11.1 Å².